The average molecular weight is 191 g/mol. The Hall–Kier alpha value is -1.84. The van der Waals surface area contributed by atoms with E-state index < -0.39 is 0 Å². The van der Waals surface area contributed by atoms with Crippen molar-refractivity contribution in [3.8, 4) is 0 Å². The molecule has 0 fully saturated rings. The second kappa shape index (κ2) is 3.49. The van der Waals surface area contributed by atoms with Crippen molar-refractivity contribution in [3.05, 3.63) is 48.0 Å². The van der Waals surface area contributed by atoms with Crippen LogP contribution in [0.3, 0.4) is 0 Å². The van der Waals surface area contributed by atoms with E-state index in [9.17, 15) is 4.39 Å². The van der Waals surface area contributed by atoms with Crippen molar-refractivity contribution in [2.75, 3.05) is 5.73 Å². The van der Waals surface area contributed by atoms with Crippen LogP contribution >= 0.6 is 0 Å². The fourth-order valence-electron chi connectivity index (χ4n) is 1.28. The lowest BCUT2D eigenvalue weighted by Gasteiger charge is -2.05. The number of nitrogens with zero attached hydrogens (tertiary/aromatic N) is 2. The minimum Gasteiger partial charge on any atom is -0.398 e. The van der Waals surface area contributed by atoms with Gasteiger partial charge >= 0.3 is 0 Å². The topological polar surface area (TPSA) is 43.8 Å². The summed E-state index contributed by atoms with van der Waals surface area (Å²) in [6.45, 7) is 0.569. The van der Waals surface area contributed by atoms with Gasteiger partial charge in [-0.3, -0.25) is 4.68 Å². The van der Waals surface area contributed by atoms with Crippen molar-refractivity contribution in [1.29, 1.82) is 0 Å². The molecule has 0 radical (unpaired) electrons. The molecule has 0 unspecified atom stereocenters. The molecule has 2 rings (SSSR count). The van der Waals surface area contributed by atoms with Gasteiger partial charge in [0.25, 0.3) is 0 Å². The third kappa shape index (κ3) is 1.74. The molecule has 0 spiro atoms. The summed E-state index contributed by atoms with van der Waals surface area (Å²) in [5.41, 5.74) is 6.99. The molecule has 0 atom stereocenters. The van der Waals surface area contributed by atoms with Crippen molar-refractivity contribution in [2.24, 2.45) is 0 Å². The maximum atomic E-state index is 12.7. The highest BCUT2D eigenvalue weighted by molar-refractivity contribution is 5.46. The van der Waals surface area contributed by atoms with Crippen molar-refractivity contribution in [1.82, 2.24) is 9.78 Å². The van der Waals surface area contributed by atoms with Gasteiger partial charge in [0.15, 0.2) is 0 Å². The SMILES string of the molecule is Nc1cc(F)ccc1Cn1cccn1. The predicted molar refractivity (Wildman–Crippen MR) is 52.1 cm³/mol. The number of halogens is 1. The van der Waals surface area contributed by atoms with Gasteiger partial charge in [0.2, 0.25) is 0 Å². The molecule has 3 nitrogen and oxygen atoms in total. The first-order valence-corrected chi connectivity index (χ1v) is 4.27. The maximum absolute atomic E-state index is 12.7. The van der Waals surface area contributed by atoms with E-state index in [1.807, 2.05) is 12.3 Å². The predicted octanol–water partition coefficient (Wildman–Crippen LogP) is 1.65. The second-order valence-corrected chi connectivity index (χ2v) is 3.05. The monoisotopic (exact) mass is 191 g/mol. The molecule has 0 aliphatic heterocycles. The Morgan fingerprint density at radius 2 is 2.29 bits per heavy atom. The summed E-state index contributed by atoms with van der Waals surface area (Å²) in [7, 11) is 0. The summed E-state index contributed by atoms with van der Waals surface area (Å²) in [5.74, 6) is -0.313. The molecule has 1 aromatic heterocycles. The van der Waals surface area contributed by atoms with Gasteiger partial charge in [0.05, 0.1) is 6.54 Å². The third-order valence-corrected chi connectivity index (χ3v) is 2.00. The van der Waals surface area contributed by atoms with Crippen LogP contribution in [0.1, 0.15) is 5.56 Å². The zero-order chi connectivity index (χ0) is 9.97. The lowest BCUT2D eigenvalue weighted by Crippen LogP contribution is -2.03. The number of nitrogen functional groups attached to an aromatic ring is 1. The molecular formula is C10H10FN3. The van der Waals surface area contributed by atoms with Crippen LogP contribution in [0.25, 0.3) is 0 Å². The molecule has 2 N–H and O–H groups in total. The molecule has 1 heterocycles. The van der Waals surface area contributed by atoms with E-state index in [-0.39, 0.29) is 5.82 Å². The molecule has 0 saturated heterocycles. The number of hydrogen-bond donors (Lipinski definition) is 1. The molecule has 72 valence electrons. The maximum Gasteiger partial charge on any atom is 0.125 e. The summed E-state index contributed by atoms with van der Waals surface area (Å²) >= 11 is 0. The van der Waals surface area contributed by atoms with Crippen LogP contribution in [-0.2, 0) is 6.54 Å². The van der Waals surface area contributed by atoms with Gasteiger partial charge in [0, 0.05) is 18.1 Å². The van der Waals surface area contributed by atoms with E-state index in [1.165, 1.54) is 12.1 Å². The van der Waals surface area contributed by atoms with E-state index in [2.05, 4.69) is 5.10 Å². The van der Waals surface area contributed by atoms with Crippen molar-refractivity contribution >= 4 is 5.69 Å². The largest absolute Gasteiger partial charge is 0.398 e. The van der Waals surface area contributed by atoms with E-state index in [0.29, 0.717) is 12.2 Å². The zero-order valence-corrected chi connectivity index (χ0v) is 7.52. The average Bonchev–Trinajstić information content (AvgIpc) is 2.62. The van der Waals surface area contributed by atoms with Crippen LogP contribution in [0.15, 0.2) is 36.7 Å². The highest BCUT2D eigenvalue weighted by atomic mass is 19.1. The number of benzene rings is 1. The van der Waals surface area contributed by atoms with Gasteiger partial charge in [-0.15, -0.1) is 0 Å². The molecule has 0 amide bonds. The highest BCUT2D eigenvalue weighted by Gasteiger charge is 2.01. The van der Waals surface area contributed by atoms with E-state index in [1.54, 1.807) is 16.9 Å². The van der Waals surface area contributed by atoms with E-state index >= 15 is 0 Å². The van der Waals surface area contributed by atoms with Gasteiger partial charge in [-0.25, -0.2) is 4.39 Å². The second-order valence-electron chi connectivity index (χ2n) is 3.05. The summed E-state index contributed by atoms with van der Waals surface area (Å²) in [4.78, 5) is 0. The van der Waals surface area contributed by atoms with Gasteiger partial charge in [-0.2, -0.15) is 5.10 Å². The highest BCUT2D eigenvalue weighted by Crippen LogP contribution is 2.14. The fourth-order valence-corrected chi connectivity index (χ4v) is 1.28. The zero-order valence-electron chi connectivity index (χ0n) is 7.52. The number of aromatic nitrogens is 2. The smallest absolute Gasteiger partial charge is 0.125 e. The Labute approximate surface area is 81.0 Å². The molecule has 0 bridgehead atoms. The summed E-state index contributed by atoms with van der Waals surface area (Å²) < 4.78 is 14.5. The van der Waals surface area contributed by atoms with Crippen molar-refractivity contribution < 1.29 is 4.39 Å². The minimum atomic E-state index is -0.313. The van der Waals surface area contributed by atoms with Crippen LogP contribution < -0.4 is 5.73 Å². The Morgan fingerprint density at radius 3 is 2.93 bits per heavy atom. The normalized spacial score (nSPS) is 10.4. The molecule has 14 heavy (non-hydrogen) atoms. The van der Waals surface area contributed by atoms with Crippen LogP contribution in [-0.4, -0.2) is 9.78 Å². The molecule has 0 aliphatic rings. The molecule has 2 aromatic rings. The van der Waals surface area contributed by atoms with E-state index in [4.69, 9.17) is 5.73 Å². The Kier molecular flexibility index (Phi) is 2.18. The van der Waals surface area contributed by atoms with Crippen LogP contribution in [0, 0.1) is 5.82 Å². The lowest BCUT2D eigenvalue weighted by atomic mass is 10.2. The summed E-state index contributed by atoms with van der Waals surface area (Å²) in [5, 5.41) is 4.04. The number of rotatable bonds is 2. The molecule has 0 aliphatic carbocycles. The van der Waals surface area contributed by atoms with Crippen LogP contribution in [0.2, 0.25) is 0 Å². The number of hydrogen-bond acceptors (Lipinski definition) is 2. The van der Waals surface area contributed by atoms with Crippen molar-refractivity contribution in [3.63, 3.8) is 0 Å². The number of nitrogens with two attached hydrogens (primary N) is 1. The van der Waals surface area contributed by atoms with Crippen LogP contribution in [0.4, 0.5) is 10.1 Å². The quantitative estimate of drug-likeness (QED) is 0.733. The molecule has 1 aromatic carbocycles. The molecule has 0 saturated carbocycles. The Balaban J connectivity index is 2.25. The molecule has 4 heteroatoms. The number of anilines is 1. The van der Waals surface area contributed by atoms with E-state index in [0.717, 1.165) is 5.56 Å². The standard InChI is InChI=1S/C10H10FN3/c11-9-3-2-8(10(12)6-9)7-14-5-1-4-13-14/h1-6H,7,12H2. The Bertz CT molecular complexity index is 423. The summed E-state index contributed by atoms with van der Waals surface area (Å²) in [6.07, 6.45) is 3.53. The minimum absolute atomic E-state index is 0.313. The molecular weight excluding hydrogens is 181 g/mol. The summed E-state index contributed by atoms with van der Waals surface area (Å²) in [6, 6.07) is 6.22. The first-order chi connectivity index (χ1) is 6.75. The fraction of sp³-hybridized carbons (Fsp3) is 0.100. The third-order valence-electron chi connectivity index (χ3n) is 2.00. The Morgan fingerprint density at radius 1 is 1.43 bits per heavy atom. The van der Waals surface area contributed by atoms with Crippen LogP contribution in [0.5, 0.6) is 0 Å². The lowest BCUT2D eigenvalue weighted by molar-refractivity contribution is 0.625. The van der Waals surface area contributed by atoms with Gasteiger partial charge in [-0.1, -0.05) is 6.07 Å². The van der Waals surface area contributed by atoms with Crippen molar-refractivity contribution in [2.45, 2.75) is 6.54 Å². The first kappa shape index (κ1) is 8.74. The van der Waals surface area contributed by atoms with Gasteiger partial charge in [-0.05, 0) is 23.8 Å². The van der Waals surface area contributed by atoms with Gasteiger partial charge < -0.3 is 5.73 Å². The van der Waals surface area contributed by atoms with Gasteiger partial charge in [0.1, 0.15) is 5.82 Å². The first-order valence-electron chi connectivity index (χ1n) is 4.27.